The molecule has 1 aromatic rings. The lowest BCUT2D eigenvalue weighted by Gasteiger charge is -2.28. The molecule has 0 atom stereocenters. The van der Waals surface area contributed by atoms with Gasteiger partial charge in [-0.1, -0.05) is 0 Å². The smallest absolute Gasteiger partial charge is 0.321 e. The molecule has 7 nitrogen and oxygen atoms in total. The van der Waals surface area contributed by atoms with Crippen molar-refractivity contribution in [3.05, 3.63) is 10.6 Å². The van der Waals surface area contributed by atoms with Gasteiger partial charge in [0.05, 0.1) is 12.2 Å². The van der Waals surface area contributed by atoms with E-state index >= 15 is 0 Å². The van der Waals surface area contributed by atoms with Crippen LogP contribution in [0.1, 0.15) is 38.3 Å². The Labute approximate surface area is 147 Å². The molecule has 0 bridgehead atoms. The zero-order valence-corrected chi connectivity index (χ0v) is 15.7. The van der Waals surface area contributed by atoms with E-state index in [-0.39, 0.29) is 18.0 Å². The molecule has 0 fully saturated rings. The molecule has 1 aliphatic heterocycles. The number of urea groups is 1. The first kappa shape index (κ1) is 18.7. The molecule has 2 heterocycles. The van der Waals surface area contributed by atoms with Crippen LogP contribution in [0.2, 0.25) is 0 Å². The number of nitrogens with zero attached hydrogens (tertiary/aromatic N) is 3. The summed E-state index contributed by atoms with van der Waals surface area (Å²) in [4.78, 5) is 33.7. The van der Waals surface area contributed by atoms with Gasteiger partial charge in [-0.2, -0.15) is 0 Å². The molecule has 0 unspecified atom stereocenters. The predicted octanol–water partition coefficient (Wildman–Crippen LogP) is 1.90. The van der Waals surface area contributed by atoms with Crippen molar-refractivity contribution in [1.82, 2.24) is 20.1 Å². The van der Waals surface area contributed by atoms with E-state index < -0.39 is 0 Å². The molecule has 1 aliphatic rings. The van der Waals surface area contributed by atoms with Crippen LogP contribution >= 0.6 is 11.3 Å². The van der Waals surface area contributed by atoms with Gasteiger partial charge in [0.2, 0.25) is 5.91 Å². The Balaban J connectivity index is 1.94. The van der Waals surface area contributed by atoms with Crippen molar-refractivity contribution < 1.29 is 9.59 Å². The third-order valence-electron chi connectivity index (χ3n) is 3.93. The number of nitrogens with one attached hydrogen (secondary N) is 2. The molecule has 3 amide bonds. The number of hydrogen-bond acceptors (Lipinski definition) is 5. The minimum Gasteiger partial charge on any atom is -0.342 e. The van der Waals surface area contributed by atoms with Crippen LogP contribution in [0, 0.1) is 0 Å². The SMILES string of the molecule is CCN(CC)C(=O)CN1CCc2nc(NC(=O)NC(C)C)sc2C1. The van der Waals surface area contributed by atoms with Gasteiger partial charge in [-0.25, -0.2) is 9.78 Å². The fraction of sp³-hybridized carbons (Fsp3) is 0.688. The summed E-state index contributed by atoms with van der Waals surface area (Å²) in [5, 5.41) is 6.19. The number of hydrogen-bond donors (Lipinski definition) is 2. The van der Waals surface area contributed by atoms with Crippen molar-refractivity contribution in [2.45, 2.75) is 46.7 Å². The average molecular weight is 353 g/mol. The highest BCUT2D eigenvalue weighted by Gasteiger charge is 2.24. The van der Waals surface area contributed by atoms with Crippen LogP contribution < -0.4 is 10.6 Å². The lowest BCUT2D eigenvalue weighted by molar-refractivity contribution is -0.132. The summed E-state index contributed by atoms with van der Waals surface area (Å²) in [5.41, 5.74) is 1.03. The minimum absolute atomic E-state index is 0.0844. The van der Waals surface area contributed by atoms with Gasteiger partial charge in [-0.15, -0.1) is 11.3 Å². The van der Waals surface area contributed by atoms with Gasteiger partial charge in [-0.3, -0.25) is 15.0 Å². The Morgan fingerprint density at radius 3 is 2.67 bits per heavy atom. The third-order valence-corrected chi connectivity index (χ3v) is 4.92. The Bertz CT molecular complexity index is 583. The number of aromatic nitrogens is 1. The normalized spacial score (nSPS) is 14.4. The highest BCUT2D eigenvalue weighted by molar-refractivity contribution is 7.15. The van der Waals surface area contributed by atoms with E-state index in [1.807, 2.05) is 32.6 Å². The van der Waals surface area contributed by atoms with Gasteiger partial charge in [-0.05, 0) is 27.7 Å². The van der Waals surface area contributed by atoms with Crippen LogP contribution in [0.15, 0.2) is 0 Å². The van der Waals surface area contributed by atoms with E-state index in [2.05, 4.69) is 20.5 Å². The molecule has 0 spiro atoms. The zero-order chi connectivity index (χ0) is 17.7. The largest absolute Gasteiger partial charge is 0.342 e. The highest BCUT2D eigenvalue weighted by Crippen LogP contribution is 2.28. The van der Waals surface area contributed by atoms with E-state index in [4.69, 9.17) is 0 Å². The molecule has 8 heteroatoms. The average Bonchev–Trinajstić information content (AvgIpc) is 2.88. The van der Waals surface area contributed by atoms with E-state index in [1.165, 1.54) is 11.3 Å². The topological polar surface area (TPSA) is 77.6 Å². The summed E-state index contributed by atoms with van der Waals surface area (Å²) in [7, 11) is 0. The summed E-state index contributed by atoms with van der Waals surface area (Å²) < 4.78 is 0. The van der Waals surface area contributed by atoms with Gasteiger partial charge in [0.25, 0.3) is 0 Å². The number of thiazole rings is 1. The molecule has 2 N–H and O–H groups in total. The fourth-order valence-corrected chi connectivity index (χ4v) is 3.75. The van der Waals surface area contributed by atoms with E-state index in [1.54, 1.807) is 0 Å². The number of anilines is 1. The van der Waals surface area contributed by atoms with Crippen molar-refractivity contribution in [2.75, 3.05) is 31.5 Å². The standard InChI is InChI=1S/C16H27N5O2S/c1-5-21(6-2)14(22)10-20-8-7-12-13(9-20)24-16(18-12)19-15(23)17-11(3)4/h11H,5-10H2,1-4H3,(H2,17,18,19,23). The summed E-state index contributed by atoms with van der Waals surface area (Å²) in [6.07, 6.45) is 0.810. The van der Waals surface area contributed by atoms with Crippen LogP contribution in [-0.4, -0.2) is 58.9 Å². The van der Waals surface area contributed by atoms with Gasteiger partial charge in [0.15, 0.2) is 5.13 Å². The molecule has 134 valence electrons. The number of likely N-dealkylation sites (N-methyl/N-ethyl adjacent to an activating group) is 1. The molecule has 0 radical (unpaired) electrons. The molecule has 0 saturated heterocycles. The maximum Gasteiger partial charge on any atom is 0.321 e. The molecule has 24 heavy (non-hydrogen) atoms. The van der Waals surface area contributed by atoms with Crippen molar-refractivity contribution in [3.63, 3.8) is 0 Å². The first-order chi connectivity index (χ1) is 11.4. The predicted molar refractivity (Wildman–Crippen MR) is 96.3 cm³/mol. The minimum atomic E-state index is -0.232. The summed E-state index contributed by atoms with van der Waals surface area (Å²) in [5.74, 6) is 0.169. The van der Waals surface area contributed by atoms with E-state index in [0.717, 1.165) is 36.6 Å². The summed E-state index contributed by atoms with van der Waals surface area (Å²) >= 11 is 1.49. The van der Waals surface area contributed by atoms with E-state index in [0.29, 0.717) is 18.2 Å². The van der Waals surface area contributed by atoms with Crippen molar-refractivity contribution in [2.24, 2.45) is 0 Å². The maximum atomic E-state index is 12.2. The van der Waals surface area contributed by atoms with Crippen LogP contribution in [0.4, 0.5) is 9.93 Å². The molecular weight excluding hydrogens is 326 g/mol. The summed E-state index contributed by atoms with van der Waals surface area (Å²) in [6, 6.07) is -0.147. The monoisotopic (exact) mass is 353 g/mol. The first-order valence-electron chi connectivity index (χ1n) is 8.49. The Morgan fingerprint density at radius 2 is 2.04 bits per heavy atom. The number of carbonyl (C=O) groups is 2. The van der Waals surface area contributed by atoms with Crippen LogP contribution in [-0.2, 0) is 17.8 Å². The number of fused-ring (bicyclic) bond motifs is 1. The molecule has 0 aliphatic carbocycles. The lowest BCUT2D eigenvalue weighted by atomic mass is 10.2. The van der Waals surface area contributed by atoms with Crippen LogP contribution in [0.3, 0.4) is 0 Å². The Morgan fingerprint density at radius 1 is 1.33 bits per heavy atom. The molecular formula is C16H27N5O2S. The molecule has 1 aromatic heterocycles. The second-order valence-electron chi connectivity index (χ2n) is 6.17. The number of rotatable bonds is 6. The van der Waals surface area contributed by atoms with E-state index in [9.17, 15) is 9.59 Å². The Kier molecular flexibility index (Phi) is 6.56. The van der Waals surface area contributed by atoms with Crippen molar-refractivity contribution >= 4 is 28.4 Å². The van der Waals surface area contributed by atoms with Crippen molar-refractivity contribution in [3.8, 4) is 0 Å². The van der Waals surface area contributed by atoms with Gasteiger partial charge in [0, 0.05) is 43.5 Å². The maximum absolute atomic E-state index is 12.2. The third kappa shape index (κ3) is 4.91. The van der Waals surface area contributed by atoms with Gasteiger partial charge in [0.1, 0.15) is 0 Å². The van der Waals surface area contributed by atoms with Gasteiger partial charge < -0.3 is 10.2 Å². The zero-order valence-electron chi connectivity index (χ0n) is 14.9. The van der Waals surface area contributed by atoms with Crippen LogP contribution in [0.5, 0.6) is 0 Å². The summed E-state index contributed by atoms with van der Waals surface area (Å²) in [6.45, 7) is 11.3. The molecule has 0 saturated carbocycles. The number of carbonyl (C=O) groups excluding carboxylic acids is 2. The molecule has 2 rings (SSSR count). The van der Waals surface area contributed by atoms with Gasteiger partial charge >= 0.3 is 6.03 Å². The van der Waals surface area contributed by atoms with Crippen LogP contribution in [0.25, 0.3) is 0 Å². The van der Waals surface area contributed by atoms with Crippen molar-refractivity contribution in [1.29, 1.82) is 0 Å². The number of amides is 3. The highest BCUT2D eigenvalue weighted by atomic mass is 32.1. The second kappa shape index (κ2) is 8.43. The molecule has 0 aromatic carbocycles. The lowest BCUT2D eigenvalue weighted by Crippen LogP contribution is -2.41. The fourth-order valence-electron chi connectivity index (χ4n) is 2.70. The Hall–Kier alpha value is -1.67. The quantitative estimate of drug-likeness (QED) is 0.819. The first-order valence-corrected chi connectivity index (χ1v) is 9.30. The second-order valence-corrected chi connectivity index (χ2v) is 7.25.